The zero-order chi connectivity index (χ0) is 23.7. The highest BCUT2D eigenvalue weighted by Crippen LogP contribution is 2.01. The van der Waals surface area contributed by atoms with Crippen LogP contribution in [0.25, 0.3) is 0 Å². The van der Waals surface area contributed by atoms with E-state index in [4.69, 9.17) is 43.7 Å². The molecule has 0 aliphatic heterocycles. The van der Waals surface area contributed by atoms with Crippen molar-refractivity contribution in [1.29, 1.82) is 5.41 Å². The number of carboxylic acid groups (broad SMARTS) is 3. The highest BCUT2D eigenvalue weighted by atomic mass is 16.4. The molecule has 1 rings (SSSR count). The molecule has 0 spiro atoms. The lowest BCUT2D eigenvalue weighted by molar-refractivity contribution is -0.139. The van der Waals surface area contributed by atoms with E-state index in [0.29, 0.717) is 25.8 Å². The minimum atomic E-state index is -1.00. The smallest absolute Gasteiger partial charge is 0.320 e. The molecule has 0 fully saturated rings. The number of aliphatic carboxylic acids is 3. The van der Waals surface area contributed by atoms with E-state index in [-0.39, 0.29) is 5.96 Å². The Labute approximate surface area is 174 Å². The molecule has 170 valence electrons. The lowest BCUT2D eigenvalue weighted by Gasteiger charge is -2.06. The van der Waals surface area contributed by atoms with E-state index in [0.717, 1.165) is 5.56 Å². The van der Waals surface area contributed by atoms with Gasteiger partial charge < -0.3 is 43.6 Å². The maximum Gasteiger partial charge on any atom is 0.320 e. The first-order valence-corrected chi connectivity index (χ1v) is 8.95. The third-order valence-corrected chi connectivity index (χ3v) is 3.33. The summed E-state index contributed by atoms with van der Waals surface area (Å²) in [5, 5.41) is 34.1. The van der Waals surface area contributed by atoms with Crippen molar-refractivity contribution in [2.24, 2.45) is 22.9 Å². The standard InChI is InChI=1S/C9H11NO2.C6H14N4O2.C3H7NO2/c10-8(9(11)12)6-7-4-2-1-3-5-7;7-4(5(11)12)2-1-3-10-6(8)9;1-2(4)3(5)6/h1-5,8H,6,10H2,(H,11,12);4H,1-3,7H2,(H,11,12)(H4,8,9,10);2H,4H2,1H3,(H,5,6). The van der Waals surface area contributed by atoms with Gasteiger partial charge in [-0.1, -0.05) is 30.3 Å². The van der Waals surface area contributed by atoms with Crippen molar-refractivity contribution in [3.8, 4) is 0 Å². The second kappa shape index (κ2) is 16.7. The van der Waals surface area contributed by atoms with Crippen LogP contribution in [0.4, 0.5) is 0 Å². The molecule has 12 heteroatoms. The van der Waals surface area contributed by atoms with Gasteiger partial charge in [0.2, 0.25) is 0 Å². The normalized spacial score (nSPS) is 12.5. The van der Waals surface area contributed by atoms with Gasteiger partial charge in [0.15, 0.2) is 5.96 Å². The molecule has 0 amide bonds. The quantitative estimate of drug-likeness (QED) is 0.127. The van der Waals surface area contributed by atoms with E-state index in [2.05, 4.69) is 5.32 Å². The summed E-state index contributed by atoms with van der Waals surface area (Å²) in [6.07, 6.45) is 1.36. The van der Waals surface area contributed by atoms with Gasteiger partial charge in [-0.15, -0.1) is 0 Å². The number of rotatable bonds is 9. The van der Waals surface area contributed by atoms with Crippen LogP contribution in [0, 0.1) is 5.41 Å². The van der Waals surface area contributed by atoms with E-state index in [1.54, 1.807) is 0 Å². The first-order valence-electron chi connectivity index (χ1n) is 8.95. The second-order valence-corrected chi connectivity index (χ2v) is 6.19. The molecule has 0 bridgehead atoms. The van der Waals surface area contributed by atoms with Crippen LogP contribution in [0.3, 0.4) is 0 Å². The zero-order valence-electron chi connectivity index (χ0n) is 16.8. The van der Waals surface area contributed by atoms with Gasteiger partial charge in [-0.05, 0) is 31.7 Å². The number of carboxylic acids is 3. The van der Waals surface area contributed by atoms with E-state index < -0.39 is 36.0 Å². The molecule has 0 aromatic heterocycles. The molecule has 0 saturated heterocycles. The molecule has 0 heterocycles. The summed E-state index contributed by atoms with van der Waals surface area (Å²) in [7, 11) is 0. The Morgan fingerprint density at radius 3 is 1.80 bits per heavy atom. The summed E-state index contributed by atoms with van der Waals surface area (Å²) in [5.41, 5.74) is 21.4. The van der Waals surface area contributed by atoms with E-state index in [9.17, 15) is 14.4 Å². The largest absolute Gasteiger partial charge is 0.480 e. The van der Waals surface area contributed by atoms with Crippen molar-refractivity contribution in [3.05, 3.63) is 35.9 Å². The first-order chi connectivity index (χ1) is 13.9. The number of nitrogens with two attached hydrogens (primary N) is 4. The van der Waals surface area contributed by atoms with Crippen LogP contribution in [-0.2, 0) is 20.8 Å². The highest BCUT2D eigenvalue weighted by molar-refractivity contribution is 5.74. The molecule has 0 radical (unpaired) electrons. The molecular weight excluding hydrogens is 396 g/mol. The predicted molar refractivity (Wildman–Crippen MR) is 112 cm³/mol. The first kappa shape index (κ1) is 29.0. The van der Waals surface area contributed by atoms with Crippen LogP contribution >= 0.6 is 0 Å². The van der Waals surface area contributed by atoms with Crippen molar-refractivity contribution in [1.82, 2.24) is 5.32 Å². The molecule has 3 unspecified atom stereocenters. The SMILES string of the molecule is CC(N)C(=O)O.N=C(N)NCCCC(N)C(=O)O.NC(Cc1ccccc1)C(=O)O. The van der Waals surface area contributed by atoms with Crippen LogP contribution in [0.15, 0.2) is 30.3 Å². The lowest BCUT2D eigenvalue weighted by atomic mass is 10.1. The maximum absolute atomic E-state index is 10.4. The predicted octanol–water partition coefficient (Wildman–Crippen LogP) is -1.28. The Kier molecular flexibility index (Phi) is 16.1. The third-order valence-electron chi connectivity index (χ3n) is 3.33. The van der Waals surface area contributed by atoms with Crippen molar-refractivity contribution in [3.63, 3.8) is 0 Å². The average molecular weight is 428 g/mol. The Hall–Kier alpha value is -3.22. The summed E-state index contributed by atoms with van der Waals surface area (Å²) in [4.78, 5) is 30.2. The molecule has 0 aliphatic carbocycles. The van der Waals surface area contributed by atoms with E-state index >= 15 is 0 Å². The number of benzene rings is 1. The van der Waals surface area contributed by atoms with Gasteiger partial charge in [-0.25, -0.2) is 0 Å². The Morgan fingerprint density at radius 1 is 0.967 bits per heavy atom. The van der Waals surface area contributed by atoms with Crippen LogP contribution < -0.4 is 28.3 Å². The molecule has 30 heavy (non-hydrogen) atoms. The summed E-state index contributed by atoms with van der Waals surface area (Å²) in [6.45, 7) is 1.90. The van der Waals surface area contributed by atoms with Gasteiger partial charge in [0, 0.05) is 6.54 Å². The molecule has 13 N–H and O–H groups in total. The number of nitrogens with one attached hydrogen (secondary N) is 2. The Bertz CT molecular complexity index is 656. The third kappa shape index (κ3) is 18.2. The fourth-order valence-electron chi connectivity index (χ4n) is 1.62. The van der Waals surface area contributed by atoms with Gasteiger partial charge in [0.05, 0.1) is 0 Å². The van der Waals surface area contributed by atoms with Crippen LogP contribution in [0.2, 0.25) is 0 Å². The second-order valence-electron chi connectivity index (χ2n) is 6.19. The molecule has 1 aromatic rings. The minimum absolute atomic E-state index is 0.112. The van der Waals surface area contributed by atoms with Gasteiger partial charge in [-0.2, -0.15) is 0 Å². The van der Waals surface area contributed by atoms with Crippen LogP contribution in [0.5, 0.6) is 0 Å². The Balaban J connectivity index is 0. The molecule has 1 aromatic carbocycles. The van der Waals surface area contributed by atoms with Gasteiger partial charge >= 0.3 is 17.9 Å². The fraction of sp³-hybridized carbons (Fsp3) is 0.444. The lowest BCUT2D eigenvalue weighted by Crippen LogP contribution is -2.34. The summed E-state index contributed by atoms with van der Waals surface area (Å²) in [5.74, 6) is -3.04. The van der Waals surface area contributed by atoms with Crippen molar-refractivity contribution in [2.45, 2.75) is 44.3 Å². The molecule has 0 saturated carbocycles. The Morgan fingerprint density at radius 2 is 1.43 bits per heavy atom. The average Bonchev–Trinajstić information content (AvgIpc) is 2.66. The monoisotopic (exact) mass is 428 g/mol. The van der Waals surface area contributed by atoms with Crippen molar-refractivity contribution >= 4 is 23.9 Å². The van der Waals surface area contributed by atoms with Crippen molar-refractivity contribution < 1.29 is 29.7 Å². The summed E-state index contributed by atoms with van der Waals surface area (Å²) in [6, 6.07) is 6.99. The number of hydrogen-bond acceptors (Lipinski definition) is 7. The fourth-order valence-corrected chi connectivity index (χ4v) is 1.62. The molecular formula is C18H32N6O6. The van der Waals surface area contributed by atoms with Gasteiger partial charge in [0.1, 0.15) is 18.1 Å². The number of guanidine groups is 1. The topological polar surface area (TPSA) is 252 Å². The maximum atomic E-state index is 10.4. The molecule has 3 atom stereocenters. The van der Waals surface area contributed by atoms with Crippen LogP contribution in [-0.4, -0.2) is 63.9 Å². The molecule has 12 nitrogen and oxygen atoms in total. The van der Waals surface area contributed by atoms with Crippen LogP contribution in [0.1, 0.15) is 25.3 Å². The van der Waals surface area contributed by atoms with Crippen molar-refractivity contribution in [2.75, 3.05) is 6.54 Å². The summed E-state index contributed by atoms with van der Waals surface area (Å²) >= 11 is 0. The van der Waals surface area contributed by atoms with Gasteiger partial charge in [-0.3, -0.25) is 19.8 Å². The summed E-state index contributed by atoms with van der Waals surface area (Å²) < 4.78 is 0. The zero-order valence-corrected chi connectivity index (χ0v) is 16.8. The molecule has 0 aliphatic rings. The minimum Gasteiger partial charge on any atom is -0.480 e. The number of hydrogen-bond donors (Lipinski definition) is 9. The highest BCUT2D eigenvalue weighted by Gasteiger charge is 2.11. The van der Waals surface area contributed by atoms with E-state index in [1.165, 1.54) is 6.92 Å². The number of carbonyl (C=O) groups is 3. The van der Waals surface area contributed by atoms with E-state index in [1.807, 2.05) is 30.3 Å². The van der Waals surface area contributed by atoms with Gasteiger partial charge in [0.25, 0.3) is 0 Å².